The zero-order chi connectivity index (χ0) is 15.1. The van der Waals surface area contributed by atoms with Gasteiger partial charge in [0.2, 0.25) is 0 Å². The number of halogens is 1. The molecule has 1 nitrogen and oxygen atoms in total. The summed E-state index contributed by atoms with van der Waals surface area (Å²) in [5, 5.41) is 1.80. The summed E-state index contributed by atoms with van der Waals surface area (Å²) in [6.07, 6.45) is 7.42. The molecule has 0 saturated carbocycles. The summed E-state index contributed by atoms with van der Waals surface area (Å²) >= 11 is 7.91. The second kappa shape index (κ2) is 5.28. The van der Waals surface area contributed by atoms with E-state index >= 15 is 0 Å². The van der Waals surface area contributed by atoms with Gasteiger partial charge in [0.1, 0.15) is 0 Å². The molecule has 0 aliphatic heterocycles. The van der Waals surface area contributed by atoms with Crippen molar-refractivity contribution in [1.29, 1.82) is 0 Å². The van der Waals surface area contributed by atoms with Crippen molar-refractivity contribution >= 4 is 45.4 Å². The number of aldehydes is 1. The number of allylic oxidation sites excluding steroid dienone is 1. The van der Waals surface area contributed by atoms with Gasteiger partial charge in [0, 0.05) is 26.4 Å². The second-order valence-electron chi connectivity index (χ2n) is 5.26. The smallest absolute Gasteiger partial charge is 0.150 e. The van der Waals surface area contributed by atoms with Gasteiger partial charge in [-0.2, -0.15) is 0 Å². The fourth-order valence-electron chi connectivity index (χ4n) is 2.89. The molecule has 106 valence electrons. The summed E-state index contributed by atoms with van der Waals surface area (Å²) in [5.74, 6) is 0. The molecule has 4 rings (SSSR count). The first-order chi connectivity index (χ1) is 10.8. The Morgan fingerprint density at radius 2 is 2.23 bits per heavy atom. The number of carbonyl (C=O) groups is 1. The third kappa shape index (κ3) is 2.06. The number of thiophene rings is 1. The van der Waals surface area contributed by atoms with Crippen molar-refractivity contribution in [3.63, 3.8) is 0 Å². The van der Waals surface area contributed by atoms with Crippen LogP contribution in [0.2, 0.25) is 5.02 Å². The van der Waals surface area contributed by atoms with Crippen LogP contribution in [0.5, 0.6) is 0 Å². The maximum Gasteiger partial charge on any atom is 0.150 e. The molecule has 22 heavy (non-hydrogen) atoms. The number of hydrogen-bond acceptors (Lipinski definition) is 2. The topological polar surface area (TPSA) is 17.1 Å². The monoisotopic (exact) mass is 322 g/mol. The molecular formula is C19H11ClOS. The Bertz CT molecular complexity index is 921. The standard InChI is InChI=1S/C19H11ClOS/c20-13-9-8-12(11-21)17(10-13)16-6-3-5-15-14-4-1-2-7-18(14)22-19(15)16/h1,4-5,8-11H,2,7H2. The van der Waals surface area contributed by atoms with E-state index in [1.165, 1.54) is 15.8 Å². The lowest BCUT2D eigenvalue weighted by Crippen LogP contribution is -1.88. The molecule has 3 heteroatoms. The van der Waals surface area contributed by atoms with Crippen LogP contribution >= 0.6 is 22.9 Å². The summed E-state index contributed by atoms with van der Waals surface area (Å²) in [6, 6.07) is 13.6. The van der Waals surface area contributed by atoms with Crippen molar-refractivity contribution in [2.75, 3.05) is 0 Å². The zero-order valence-electron chi connectivity index (χ0n) is 11.7. The van der Waals surface area contributed by atoms with E-state index in [1.807, 2.05) is 12.1 Å². The summed E-state index contributed by atoms with van der Waals surface area (Å²) in [6.45, 7) is 0. The van der Waals surface area contributed by atoms with E-state index < -0.39 is 0 Å². The van der Waals surface area contributed by atoms with Gasteiger partial charge in [0.05, 0.1) is 10.3 Å². The highest BCUT2D eigenvalue weighted by atomic mass is 35.5. The number of hydrogen-bond donors (Lipinski definition) is 0. The average Bonchev–Trinajstić information content (AvgIpc) is 2.93. The highest BCUT2D eigenvalue weighted by Gasteiger charge is 2.17. The molecule has 3 aromatic rings. The molecule has 1 aromatic heterocycles. The predicted octanol–water partition coefficient (Wildman–Crippen LogP) is 5.59. The molecule has 0 saturated heterocycles. The molecule has 1 heterocycles. The van der Waals surface area contributed by atoms with Crippen LogP contribution < -0.4 is 0 Å². The Labute approximate surface area is 137 Å². The van der Waals surface area contributed by atoms with Gasteiger partial charge in [-0.15, -0.1) is 11.3 Å². The van der Waals surface area contributed by atoms with E-state index in [0.717, 1.165) is 35.0 Å². The molecule has 0 bridgehead atoms. The maximum atomic E-state index is 11.4. The number of benzene rings is 1. The molecule has 0 atom stereocenters. The van der Waals surface area contributed by atoms with Crippen LogP contribution in [0.1, 0.15) is 27.2 Å². The minimum Gasteiger partial charge on any atom is -0.298 e. The van der Waals surface area contributed by atoms with Crippen LogP contribution in [0, 0.1) is 12.1 Å². The van der Waals surface area contributed by atoms with E-state index in [-0.39, 0.29) is 0 Å². The van der Waals surface area contributed by atoms with Gasteiger partial charge in [-0.05, 0) is 42.7 Å². The molecule has 0 spiro atoms. The summed E-state index contributed by atoms with van der Waals surface area (Å²) < 4.78 is 1.15. The van der Waals surface area contributed by atoms with E-state index in [9.17, 15) is 4.79 Å². The molecule has 0 fully saturated rings. The number of aryl methyl sites for hydroxylation is 1. The number of fused-ring (bicyclic) bond motifs is 3. The van der Waals surface area contributed by atoms with E-state index in [2.05, 4.69) is 24.3 Å². The summed E-state index contributed by atoms with van der Waals surface area (Å²) in [4.78, 5) is 12.8. The van der Waals surface area contributed by atoms with Gasteiger partial charge in [-0.25, -0.2) is 0 Å². The quantitative estimate of drug-likeness (QED) is 0.562. The fourth-order valence-corrected chi connectivity index (χ4v) is 4.36. The lowest BCUT2D eigenvalue weighted by Gasteiger charge is -2.05. The van der Waals surface area contributed by atoms with Gasteiger partial charge >= 0.3 is 0 Å². The largest absolute Gasteiger partial charge is 0.298 e. The van der Waals surface area contributed by atoms with Gasteiger partial charge in [-0.3, -0.25) is 4.79 Å². The minimum absolute atomic E-state index is 0.618. The van der Waals surface area contributed by atoms with Gasteiger partial charge in [-0.1, -0.05) is 35.9 Å². The Kier molecular flexibility index (Phi) is 3.26. The lowest BCUT2D eigenvalue weighted by atomic mass is 9.98. The predicted molar refractivity (Wildman–Crippen MR) is 92.7 cm³/mol. The molecule has 2 aromatic carbocycles. The lowest BCUT2D eigenvalue weighted by molar-refractivity contribution is 0.112. The van der Waals surface area contributed by atoms with Crippen molar-refractivity contribution in [2.24, 2.45) is 0 Å². The summed E-state index contributed by atoms with van der Waals surface area (Å²) in [5.41, 5.74) is 3.65. The van der Waals surface area contributed by atoms with Crippen LogP contribution in [0.25, 0.3) is 27.3 Å². The molecular weight excluding hydrogens is 312 g/mol. The second-order valence-corrected chi connectivity index (χ2v) is 6.80. The van der Waals surface area contributed by atoms with Crippen LogP contribution in [-0.4, -0.2) is 6.29 Å². The highest BCUT2D eigenvalue weighted by molar-refractivity contribution is 7.20. The van der Waals surface area contributed by atoms with Crippen molar-refractivity contribution in [2.45, 2.75) is 12.8 Å². The average molecular weight is 323 g/mol. The fraction of sp³-hybridized carbons (Fsp3) is 0.105. The summed E-state index contributed by atoms with van der Waals surface area (Å²) in [7, 11) is 0. The van der Waals surface area contributed by atoms with Crippen LogP contribution in [0.4, 0.5) is 0 Å². The van der Waals surface area contributed by atoms with Crippen LogP contribution in [0.15, 0.2) is 30.3 Å². The third-order valence-corrected chi connectivity index (χ3v) is 5.47. The first-order valence-corrected chi connectivity index (χ1v) is 8.27. The van der Waals surface area contributed by atoms with Crippen molar-refractivity contribution < 1.29 is 4.79 Å². The molecule has 1 aliphatic rings. The normalized spacial score (nSPS) is 13.0. The Balaban J connectivity index is 2.04. The zero-order valence-corrected chi connectivity index (χ0v) is 13.2. The first kappa shape index (κ1) is 13.6. The van der Waals surface area contributed by atoms with Crippen LogP contribution in [-0.2, 0) is 6.42 Å². The van der Waals surface area contributed by atoms with Crippen molar-refractivity contribution in [1.82, 2.24) is 0 Å². The van der Waals surface area contributed by atoms with E-state index in [1.54, 1.807) is 23.5 Å². The van der Waals surface area contributed by atoms with E-state index in [4.69, 9.17) is 11.6 Å². The SMILES string of the molecule is O=Cc1ccc(Cl)cc1-c1c#ccc2c3c(sc12)CCC=C3. The Morgan fingerprint density at radius 3 is 3.09 bits per heavy atom. The highest BCUT2D eigenvalue weighted by Crippen LogP contribution is 2.40. The first-order valence-electron chi connectivity index (χ1n) is 7.07. The molecule has 0 radical (unpaired) electrons. The third-order valence-electron chi connectivity index (χ3n) is 3.94. The molecule has 0 unspecified atom stereocenters. The Morgan fingerprint density at radius 1 is 1.32 bits per heavy atom. The van der Waals surface area contributed by atoms with Gasteiger partial charge in [0.25, 0.3) is 0 Å². The van der Waals surface area contributed by atoms with E-state index in [0.29, 0.717) is 10.6 Å². The number of carbonyl (C=O) groups excluding carboxylic acids is 1. The van der Waals surface area contributed by atoms with Crippen molar-refractivity contribution in [3.8, 4) is 11.1 Å². The molecule has 1 aliphatic carbocycles. The van der Waals surface area contributed by atoms with Crippen LogP contribution in [0.3, 0.4) is 0 Å². The Hall–Kier alpha value is -2.08. The molecule has 0 N–H and O–H groups in total. The molecule has 0 amide bonds. The minimum atomic E-state index is 0.618. The van der Waals surface area contributed by atoms with Gasteiger partial charge in [0.15, 0.2) is 6.29 Å². The van der Waals surface area contributed by atoms with Gasteiger partial charge < -0.3 is 0 Å². The maximum absolute atomic E-state index is 11.4. The number of rotatable bonds is 2. The van der Waals surface area contributed by atoms with Crippen molar-refractivity contribution in [3.05, 3.63) is 63.5 Å².